The average molecular weight is 267 g/mol. The first kappa shape index (κ1) is 12.3. The van der Waals surface area contributed by atoms with E-state index in [0.29, 0.717) is 5.39 Å². The Hall–Kier alpha value is -2.12. The largest absolute Gasteiger partial charge is 0.507 e. The molecule has 94 valence electrons. The van der Waals surface area contributed by atoms with E-state index in [9.17, 15) is 18.3 Å². The molecule has 0 heterocycles. The van der Waals surface area contributed by atoms with Gasteiger partial charge in [-0.2, -0.15) is 0 Å². The van der Waals surface area contributed by atoms with Gasteiger partial charge < -0.3 is 10.2 Å². The summed E-state index contributed by atoms with van der Waals surface area (Å²) in [4.78, 5) is 10.9. The molecule has 0 aliphatic rings. The van der Waals surface area contributed by atoms with Gasteiger partial charge in [0.1, 0.15) is 11.3 Å². The number of carbonyl (C=O) groups is 1. The summed E-state index contributed by atoms with van der Waals surface area (Å²) < 4.78 is 22.3. The van der Waals surface area contributed by atoms with Crippen molar-refractivity contribution >= 4 is 26.8 Å². The fraction of sp³-hybridized carbons (Fsp3) is 0. The minimum Gasteiger partial charge on any atom is -0.507 e. The Morgan fingerprint density at radius 1 is 1.17 bits per heavy atom. The molecule has 2 aromatic carbocycles. The lowest BCUT2D eigenvalue weighted by Gasteiger charge is -2.06. The van der Waals surface area contributed by atoms with Crippen LogP contribution < -0.4 is 5.14 Å². The van der Waals surface area contributed by atoms with E-state index in [-0.39, 0.29) is 21.6 Å². The van der Waals surface area contributed by atoms with Crippen LogP contribution in [0.25, 0.3) is 10.8 Å². The number of carboxylic acids is 1. The molecule has 0 spiro atoms. The summed E-state index contributed by atoms with van der Waals surface area (Å²) in [5, 5.41) is 24.1. The van der Waals surface area contributed by atoms with Gasteiger partial charge in [-0.1, -0.05) is 12.1 Å². The van der Waals surface area contributed by atoms with E-state index in [0.717, 1.165) is 0 Å². The van der Waals surface area contributed by atoms with E-state index < -0.39 is 16.0 Å². The van der Waals surface area contributed by atoms with Gasteiger partial charge >= 0.3 is 5.97 Å². The smallest absolute Gasteiger partial charge is 0.340 e. The third-order valence-electron chi connectivity index (χ3n) is 2.51. The van der Waals surface area contributed by atoms with Gasteiger partial charge in [-0.05, 0) is 23.6 Å². The quantitative estimate of drug-likeness (QED) is 0.746. The minimum atomic E-state index is -3.85. The summed E-state index contributed by atoms with van der Waals surface area (Å²) in [5.41, 5.74) is -0.270. The fourth-order valence-corrected chi connectivity index (χ4v) is 2.25. The zero-order valence-corrected chi connectivity index (χ0v) is 9.81. The van der Waals surface area contributed by atoms with Crippen molar-refractivity contribution < 1.29 is 23.4 Å². The van der Waals surface area contributed by atoms with Gasteiger partial charge in [0.25, 0.3) is 0 Å². The van der Waals surface area contributed by atoms with Gasteiger partial charge in [0.15, 0.2) is 0 Å². The average Bonchev–Trinajstić information content (AvgIpc) is 2.26. The number of hydrogen-bond acceptors (Lipinski definition) is 4. The lowest BCUT2D eigenvalue weighted by atomic mass is 10.0. The van der Waals surface area contributed by atoms with Crippen molar-refractivity contribution in [2.24, 2.45) is 5.14 Å². The normalized spacial score (nSPS) is 11.6. The van der Waals surface area contributed by atoms with Crippen molar-refractivity contribution in [3.63, 3.8) is 0 Å². The molecule has 0 bridgehead atoms. The maximum Gasteiger partial charge on any atom is 0.340 e. The van der Waals surface area contributed by atoms with Crippen LogP contribution >= 0.6 is 0 Å². The van der Waals surface area contributed by atoms with Crippen molar-refractivity contribution in [1.82, 2.24) is 0 Å². The van der Waals surface area contributed by atoms with E-state index in [4.69, 9.17) is 10.2 Å². The van der Waals surface area contributed by atoms with Crippen LogP contribution in [0.15, 0.2) is 35.2 Å². The topological polar surface area (TPSA) is 118 Å². The van der Waals surface area contributed by atoms with Crippen molar-refractivity contribution in [3.05, 3.63) is 35.9 Å². The van der Waals surface area contributed by atoms with E-state index in [2.05, 4.69) is 0 Å². The lowest BCUT2D eigenvalue weighted by Crippen LogP contribution is -2.12. The summed E-state index contributed by atoms with van der Waals surface area (Å²) in [6, 6.07) is 6.38. The molecule has 0 unspecified atom stereocenters. The molecule has 6 nitrogen and oxygen atoms in total. The molecule has 0 amide bonds. The van der Waals surface area contributed by atoms with Crippen molar-refractivity contribution in [2.45, 2.75) is 4.90 Å². The van der Waals surface area contributed by atoms with E-state index in [1.165, 1.54) is 30.3 Å². The Bertz CT molecular complexity index is 751. The van der Waals surface area contributed by atoms with Crippen LogP contribution in [0.4, 0.5) is 0 Å². The molecule has 0 saturated carbocycles. The standard InChI is InChI=1S/C11H9NO5S/c12-18(16,17)7-2-3-8-6(5-7)1-4-9(13)10(8)11(14)15/h1-5,13H,(H,14,15)(H2,12,16,17). The number of nitrogens with two attached hydrogens (primary N) is 1. The van der Waals surface area contributed by atoms with Crippen LogP contribution in [-0.2, 0) is 10.0 Å². The maximum absolute atomic E-state index is 11.2. The number of hydrogen-bond donors (Lipinski definition) is 3. The third kappa shape index (κ3) is 2.01. The van der Waals surface area contributed by atoms with Crippen LogP contribution in [0.5, 0.6) is 5.75 Å². The van der Waals surface area contributed by atoms with Crippen molar-refractivity contribution in [2.75, 3.05) is 0 Å². The molecule has 0 aromatic heterocycles. The van der Waals surface area contributed by atoms with Crippen LogP contribution in [0.1, 0.15) is 10.4 Å². The number of primary sulfonamides is 1. The maximum atomic E-state index is 11.2. The number of carboxylic acid groups (broad SMARTS) is 1. The van der Waals surface area contributed by atoms with E-state index in [1.807, 2.05) is 0 Å². The van der Waals surface area contributed by atoms with Gasteiger partial charge in [0.2, 0.25) is 10.0 Å². The molecule has 2 aromatic rings. The molecule has 18 heavy (non-hydrogen) atoms. The Morgan fingerprint density at radius 2 is 1.83 bits per heavy atom. The first-order chi connectivity index (χ1) is 8.30. The van der Waals surface area contributed by atoms with Crippen LogP contribution in [0.3, 0.4) is 0 Å². The number of rotatable bonds is 2. The highest BCUT2D eigenvalue weighted by Crippen LogP contribution is 2.28. The summed E-state index contributed by atoms with van der Waals surface area (Å²) in [6.45, 7) is 0. The van der Waals surface area contributed by atoms with Gasteiger partial charge in [-0.25, -0.2) is 18.4 Å². The highest BCUT2D eigenvalue weighted by molar-refractivity contribution is 7.89. The molecule has 7 heteroatoms. The molecular weight excluding hydrogens is 258 g/mol. The molecule has 2 rings (SSSR count). The highest BCUT2D eigenvalue weighted by Gasteiger charge is 2.16. The van der Waals surface area contributed by atoms with Crippen LogP contribution in [0.2, 0.25) is 0 Å². The SMILES string of the molecule is NS(=O)(=O)c1ccc2c(C(=O)O)c(O)ccc2c1. The van der Waals surface area contributed by atoms with Gasteiger partial charge in [-0.15, -0.1) is 0 Å². The third-order valence-corrected chi connectivity index (χ3v) is 3.42. The summed E-state index contributed by atoms with van der Waals surface area (Å²) >= 11 is 0. The minimum absolute atomic E-state index is 0.114. The summed E-state index contributed by atoms with van der Waals surface area (Å²) in [6.07, 6.45) is 0. The van der Waals surface area contributed by atoms with Gasteiger partial charge in [0, 0.05) is 5.39 Å². The van der Waals surface area contributed by atoms with Crippen LogP contribution in [0, 0.1) is 0 Å². The molecule has 0 saturated heterocycles. The number of phenols is 1. The van der Waals surface area contributed by atoms with Gasteiger partial charge in [-0.3, -0.25) is 0 Å². The Morgan fingerprint density at radius 3 is 2.39 bits per heavy atom. The Balaban J connectivity index is 2.84. The number of aromatic hydroxyl groups is 1. The molecule has 0 radical (unpaired) electrons. The van der Waals surface area contributed by atoms with E-state index in [1.54, 1.807) is 0 Å². The highest BCUT2D eigenvalue weighted by atomic mass is 32.2. The molecule has 0 aliphatic heterocycles. The molecule has 0 atom stereocenters. The second kappa shape index (κ2) is 3.97. The molecular formula is C11H9NO5S. The Kier molecular flexibility index (Phi) is 2.72. The first-order valence-electron chi connectivity index (χ1n) is 4.82. The van der Waals surface area contributed by atoms with Crippen molar-refractivity contribution in [3.8, 4) is 5.75 Å². The summed E-state index contributed by atoms with van der Waals surface area (Å²) in [7, 11) is -3.85. The van der Waals surface area contributed by atoms with Gasteiger partial charge in [0.05, 0.1) is 4.90 Å². The number of fused-ring (bicyclic) bond motifs is 1. The lowest BCUT2D eigenvalue weighted by molar-refractivity contribution is 0.0696. The van der Waals surface area contributed by atoms with Crippen LogP contribution in [-0.4, -0.2) is 24.6 Å². The molecule has 0 fully saturated rings. The Labute approximate surface area is 102 Å². The number of aromatic carboxylic acids is 1. The fourth-order valence-electron chi connectivity index (χ4n) is 1.70. The predicted octanol–water partition coefficient (Wildman–Crippen LogP) is 0.891. The predicted molar refractivity (Wildman–Crippen MR) is 63.9 cm³/mol. The zero-order chi connectivity index (χ0) is 13.5. The molecule has 0 aliphatic carbocycles. The number of benzene rings is 2. The second-order valence-electron chi connectivity index (χ2n) is 3.69. The molecule has 4 N–H and O–H groups in total. The first-order valence-corrected chi connectivity index (χ1v) is 6.37. The second-order valence-corrected chi connectivity index (χ2v) is 5.25. The summed E-state index contributed by atoms with van der Waals surface area (Å²) in [5.74, 6) is -1.67. The van der Waals surface area contributed by atoms with Crippen molar-refractivity contribution in [1.29, 1.82) is 0 Å². The number of sulfonamides is 1. The monoisotopic (exact) mass is 267 g/mol. The van der Waals surface area contributed by atoms with E-state index >= 15 is 0 Å². The zero-order valence-electron chi connectivity index (χ0n) is 8.99.